The van der Waals surface area contributed by atoms with Crippen LogP contribution in [0.2, 0.25) is 0 Å². The number of hydrogen-bond acceptors (Lipinski definition) is 4. The number of carboxylic acid groups (broad SMARTS) is 1. The Morgan fingerprint density at radius 3 is 2.77 bits per heavy atom. The molecule has 0 unspecified atom stereocenters. The van der Waals surface area contributed by atoms with Gasteiger partial charge in [-0.25, -0.2) is 4.79 Å². The van der Waals surface area contributed by atoms with E-state index in [0.717, 1.165) is 0 Å². The van der Waals surface area contributed by atoms with Crippen molar-refractivity contribution in [3.63, 3.8) is 0 Å². The lowest BCUT2D eigenvalue weighted by Crippen LogP contribution is -2.41. The van der Waals surface area contributed by atoms with Crippen molar-refractivity contribution in [1.29, 1.82) is 5.26 Å². The van der Waals surface area contributed by atoms with Crippen LogP contribution < -0.4 is 5.32 Å². The number of nitrogens with one attached hydrogen (secondary N) is 1. The molecule has 0 aliphatic rings. The number of pyridine rings is 1. The van der Waals surface area contributed by atoms with E-state index >= 15 is 0 Å². The molecule has 0 aliphatic heterocycles. The Kier molecular flexibility index (Phi) is 4.69. The lowest BCUT2D eigenvalue weighted by atomic mass is 10.0. The van der Waals surface area contributed by atoms with Crippen LogP contribution in [-0.4, -0.2) is 28.0 Å². The predicted octanol–water partition coefficient (Wildman–Crippen LogP) is 1.97. The maximum Gasteiger partial charge on any atom is 0.326 e. The normalized spacial score (nSPS) is 13.1. The predicted molar refractivity (Wildman–Crippen MR) is 80.0 cm³/mol. The number of carbonyl (C=O) groups excluding carboxylic acids is 1. The number of aliphatic carboxylic acids is 1. The lowest BCUT2D eigenvalue weighted by molar-refractivity contribution is -0.139. The van der Waals surface area contributed by atoms with Crippen LogP contribution >= 0.6 is 0 Å². The summed E-state index contributed by atoms with van der Waals surface area (Å²) in [4.78, 5) is 27.8. The Hall–Kier alpha value is -2.94. The fourth-order valence-electron chi connectivity index (χ4n) is 2.16. The van der Waals surface area contributed by atoms with Gasteiger partial charge in [0, 0.05) is 17.5 Å². The van der Waals surface area contributed by atoms with Crippen LogP contribution in [0.15, 0.2) is 36.5 Å². The van der Waals surface area contributed by atoms with Gasteiger partial charge in [-0.3, -0.25) is 9.78 Å². The van der Waals surface area contributed by atoms with E-state index in [1.165, 1.54) is 6.20 Å². The molecule has 1 aromatic carbocycles. The van der Waals surface area contributed by atoms with E-state index in [4.69, 9.17) is 5.26 Å². The minimum atomic E-state index is -1.16. The molecule has 0 saturated carbocycles. The summed E-state index contributed by atoms with van der Waals surface area (Å²) in [6, 6.07) is 9.54. The summed E-state index contributed by atoms with van der Waals surface area (Å²) in [5.41, 5.74) is 1.02. The van der Waals surface area contributed by atoms with Crippen LogP contribution in [-0.2, 0) is 4.79 Å². The Labute approximate surface area is 127 Å². The molecule has 2 atom stereocenters. The standard InChI is InChI=1S/C16H15N3O3/c1-10(9-17)8-14(16(21)22)19-15(20)12-6-7-18-13-5-3-2-4-11(12)13/h2-7,10,14H,8H2,1H3,(H,19,20)(H,21,22)/t10-,14+/m0/s1. The summed E-state index contributed by atoms with van der Waals surface area (Å²) >= 11 is 0. The monoisotopic (exact) mass is 297 g/mol. The van der Waals surface area contributed by atoms with Gasteiger partial charge in [0.05, 0.1) is 17.1 Å². The molecule has 0 saturated heterocycles. The van der Waals surface area contributed by atoms with Crippen molar-refractivity contribution in [2.24, 2.45) is 5.92 Å². The zero-order chi connectivity index (χ0) is 16.1. The highest BCUT2D eigenvalue weighted by Gasteiger charge is 2.23. The summed E-state index contributed by atoms with van der Waals surface area (Å²) in [5, 5.41) is 21.1. The highest BCUT2D eigenvalue weighted by atomic mass is 16.4. The number of nitriles is 1. The number of fused-ring (bicyclic) bond motifs is 1. The van der Waals surface area contributed by atoms with Gasteiger partial charge in [0.2, 0.25) is 0 Å². The Bertz CT molecular complexity index is 746. The number of carbonyl (C=O) groups is 2. The molecule has 1 aromatic heterocycles. The summed E-state index contributed by atoms with van der Waals surface area (Å²) in [5.74, 6) is -2.11. The van der Waals surface area contributed by atoms with E-state index in [-0.39, 0.29) is 6.42 Å². The first-order valence-electron chi connectivity index (χ1n) is 6.80. The van der Waals surface area contributed by atoms with Gasteiger partial charge in [0.15, 0.2) is 0 Å². The van der Waals surface area contributed by atoms with Crippen molar-refractivity contribution in [3.8, 4) is 6.07 Å². The topological polar surface area (TPSA) is 103 Å². The smallest absolute Gasteiger partial charge is 0.326 e. The fourth-order valence-corrected chi connectivity index (χ4v) is 2.16. The third-order valence-corrected chi connectivity index (χ3v) is 3.31. The molecule has 0 aliphatic carbocycles. The van der Waals surface area contributed by atoms with Crippen molar-refractivity contribution in [2.45, 2.75) is 19.4 Å². The molecule has 22 heavy (non-hydrogen) atoms. The van der Waals surface area contributed by atoms with Crippen molar-refractivity contribution >= 4 is 22.8 Å². The highest BCUT2D eigenvalue weighted by molar-refractivity contribution is 6.06. The minimum absolute atomic E-state index is 0.0561. The Morgan fingerprint density at radius 2 is 2.09 bits per heavy atom. The second kappa shape index (κ2) is 6.68. The quantitative estimate of drug-likeness (QED) is 0.878. The number of benzene rings is 1. The maximum atomic E-state index is 12.4. The Morgan fingerprint density at radius 1 is 1.36 bits per heavy atom. The van der Waals surface area contributed by atoms with Crippen LogP contribution in [0.1, 0.15) is 23.7 Å². The summed E-state index contributed by atoms with van der Waals surface area (Å²) in [6.07, 6.45) is 1.56. The second-order valence-corrected chi connectivity index (χ2v) is 5.01. The second-order valence-electron chi connectivity index (χ2n) is 5.01. The van der Waals surface area contributed by atoms with E-state index in [1.807, 2.05) is 12.1 Å². The first kappa shape index (κ1) is 15.4. The van der Waals surface area contributed by atoms with Gasteiger partial charge in [-0.2, -0.15) is 5.26 Å². The highest BCUT2D eigenvalue weighted by Crippen LogP contribution is 2.16. The Balaban J connectivity index is 2.26. The van der Waals surface area contributed by atoms with Crippen LogP contribution in [0.3, 0.4) is 0 Å². The number of amides is 1. The van der Waals surface area contributed by atoms with Crippen LogP contribution in [0.25, 0.3) is 10.9 Å². The molecule has 2 rings (SSSR count). The number of para-hydroxylation sites is 1. The van der Waals surface area contributed by atoms with E-state index in [1.54, 1.807) is 31.2 Å². The summed E-state index contributed by atoms with van der Waals surface area (Å²) in [6.45, 7) is 1.62. The van der Waals surface area contributed by atoms with Gasteiger partial charge in [-0.15, -0.1) is 0 Å². The molecule has 1 amide bonds. The molecule has 0 bridgehead atoms. The number of hydrogen-bond donors (Lipinski definition) is 2. The summed E-state index contributed by atoms with van der Waals surface area (Å²) < 4.78 is 0. The molecule has 0 spiro atoms. The molecule has 1 heterocycles. The van der Waals surface area contributed by atoms with Crippen molar-refractivity contribution in [2.75, 3.05) is 0 Å². The number of aromatic nitrogens is 1. The molecule has 2 aromatic rings. The molecular formula is C16H15N3O3. The molecule has 0 radical (unpaired) electrons. The maximum absolute atomic E-state index is 12.4. The van der Waals surface area contributed by atoms with Gasteiger partial charge in [0.25, 0.3) is 5.91 Å². The molecule has 0 fully saturated rings. The molecule has 112 valence electrons. The van der Waals surface area contributed by atoms with Crippen LogP contribution in [0.5, 0.6) is 0 Å². The molecule has 6 heteroatoms. The van der Waals surface area contributed by atoms with Crippen molar-refractivity contribution < 1.29 is 14.7 Å². The van der Waals surface area contributed by atoms with E-state index in [2.05, 4.69) is 10.3 Å². The fraction of sp³-hybridized carbons (Fsp3) is 0.250. The van der Waals surface area contributed by atoms with Crippen molar-refractivity contribution in [1.82, 2.24) is 10.3 Å². The zero-order valence-corrected chi connectivity index (χ0v) is 12.0. The largest absolute Gasteiger partial charge is 0.480 e. The number of carboxylic acids is 1. The molecular weight excluding hydrogens is 282 g/mol. The van der Waals surface area contributed by atoms with E-state index < -0.39 is 23.8 Å². The van der Waals surface area contributed by atoms with Gasteiger partial charge >= 0.3 is 5.97 Å². The first-order valence-corrected chi connectivity index (χ1v) is 6.80. The minimum Gasteiger partial charge on any atom is -0.480 e. The number of nitrogens with zero attached hydrogens (tertiary/aromatic N) is 2. The average Bonchev–Trinajstić information content (AvgIpc) is 2.53. The van der Waals surface area contributed by atoms with Crippen molar-refractivity contribution in [3.05, 3.63) is 42.1 Å². The van der Waals surface area contributed by atoms with E-state index in [9.17, 15) is 14.7 Å². The van der Waals surface area contributed by atoms with Gasteiger partial charge in [0.1, 0.15) is 6.04 Å². The first-order chi connectivity index (χ1) is 10.5. The number of rotatable bonds is 5. The molecule has 6 nitrogen and oxygen atoms in total. The van der Waals surface area contributed by atoms with Gasteiger partial charge < -0.3 is 10.4 Å². The summed E-state index contributed by atoms with van der Waals surface area (Å²) in [7, 11) is 0. The average molecular weight is 297 g/mol. The zero-order valence-electron chi connectivity index (χ0n) is 12.0. The van der Waals surface area contributed by atoms with Gasteiger partial charge in [-0.05, 0) is 25.5 Å². The van der Waals surface area contributed by atoms with E-state index in [0.29, 0.717) is 16.5 Å². The van der Waals surface area contributed by atoms with Gasteiger partial charge in [-0.1, -0.05) is 18.2 Å². The SMILES string of the molecule is C[C@H](C#N)C[C@@H](NC(=O)c1ccnc2ccccc12)C(=O)O. The lowest BCUT2D eigenvalue weighted by Gasteiger charge is -2.16. The van der Waals surface area contributed by atoms with Crippen LogP contribution in [0, 0.1) is 17.2 Å². The third kappa shape index (κ3) is 3.38. The van der Waals surface area contributed by atoms with Crippen LogP contribution in [0.4, 0.5) is 0 Å². The molecule has 2 N–H and O–H groups in total. The third-order valence-electron chi connectivity index (χ3n) is 3.31.